The van der Waals surface area contributed by atoms with Gasteiger partial charge in [-0.2, -0.15) is 0 Å². The Labute approximate surface area is 331 Å². The summed E-state index contributed by atoms with van der Waals surface area (Å²) in [5.41, 5.74) is 5.58. The van der Waals surface area contributed by atoms with Crippen LogP contribution in [0.3, 0.4) is 0 Å². The molecule has 0 aliphatic heterocycles. The van der Waals surface area contributed by atoms with Gasteiger partial charge in [0.25, 0.3) is 0 Å². The third-order valence-corrected chi connectivity index (χ3v) is 10.9. The number of nitrogens with one attached hydrogen (secondary N) is 3. The minimum absolute atomic E-state index is 0.107. The number of allylic oxidation sites excluding steroid dienone is 12. The molecular weight excluding hydrogens is 727 g/mol. The lowest BCUT2D eigenvalue weighted by atomic mass is 10.0. The minimum atomic E-state index is -1.14. The van der Waals surface area contributed by atoms with E-state index in [4.69, 9.17) is 5.73 Å². The fourth-order valence-corrected chi connectivity index (χ4v) is 7.57. The number of nitrogens with zero attached hydrogens (tertiary/aromatic N) is 1. The summed E-state index contributed by atoms with van der Waals surface area (Å²) in [5.74, 6) is -2.10. The topological polar surface area (TPSA) is 191 Å². The van der Waals surface area contributed by atoms with E-state index in [1.165, 1.54) is 21.6 Å². The van der Waals surface area contributed by atoms with Crippen LogP contribution in [0.25, 0.3) is 0 Å². The monoisotopic (exact) mass is 794 g/mol. The van der Waals surface area contributed by atoms with Crippen LogP contribution < -0.4 is 21.7 Å². The second kappa shape index (κ2) is 30.1. The third-order valence-electron chi connectivity index (χ3n) is 7.55. The molecule has 0 heterocycles. The predicted octanol–water partition coefficient (Wildman–Crippen LogP) is 4.01. The molecule has 54 heavy (non-hydrogen) atoms. The first-order chi connectivity index (χ1) is 25.6. The van der Waals surface area contributed by atoms with Gasteiger partial charge in [0.1, 0.15) is 24.7 Å². The zero-order valence-corrected chi connectivity index (χ0v) is 34.9. The number of carbonyl (C=O) groups is 4. The normalized spacial score (nSPS) is 14.6. The van der Waals surface area contributed by atoms with E-state index < -0.39 is 59.9 Å². The second-order valence-electron chi connectivity index (χ2n) is 14.3. The maximum atomic E-state index is 13.2. The molecule has 14 heteroatoms. The smallest absolute Gasteiger partial charge is 0.244 e. The molecule has 4 amide bonds. The average molecular weight is 795 g/mol. The highest BCUT2D eigenvalue weighted by atomic mass is 33.1. The van der Waals surface area contributed by atoms with Crippen molar-refractivity contribution in [1.29, 1.82) is 0 Å². The van der Waals surface area contributed by atoms with Crippen molar-refractivity contribution in [3.8, 4) is 0 Å². The van der Waals surface area contributed by atoms with Crippen molar-refractivity contribution < 1.29 is 39.0 Å². The summed E-state index contributed by atoms with van der Waals surface area (Å²) in [4.78, 5) is 50.9. The zero-order chi connectivity index (χ0) is 40.8. The van der Waals surface area contributed by atoms with E-state index in [0.717, 1.165) is 38.5 Å². The van der Waals surface area contributed by atoms with E-state index >= 15 is 0 Å². The summed E-state index contributed by atoms with van der Waals surface area (Å²) in [6.07, 6.45) is 30.4. The number of hydrogen-bond donors (Lipinski definition) is 7. The molecule has 0 rings (SSSR count). The Bertz CT molecular complexity index is 1270. The predicted molar refractivity (Wildman–Crippen MR) is 224 cm³/mol. The molecule has 12 nitrogen and oxygen atoms in total. The second-order valence-corrected chi connectivity index (χ2v) is 17.3. The van der Waals surface area contributed by atoms with Gasteiger partial charge in [0.15, 0.2) is 0 Å². The Hall–Kier alpha value is -3.14. The number of likely N-dealkylation sites (N-methyl/N-ethyl adjacent to an activating group) is 1. The van der Waals surface area contributed by atoms with E-state index in [0.29, 0.717) is 17.4 Å². The molecule has 2 unspecified atom stereocenters. The molecule has 0 aliphatic carbocycles. The lowest BCUT2D eigenvalue weighted by Crippen LogP contribution is -2.59. The van der Waals surface area contributed by atoms with Crippen molar-refractivity contribution in [3.63, 3.8) is 0 Å². The lowest BCUT2D eigenvalue weighted by molar-refractivity contribution is -0.873. The number of primary amides is 1. The van der Waals surface area contributed by atoms with E-state index in [-0.39, 0.29) is 24.5 Å². The molecule has 3 atom stereocenters. The summed E-state index contributed by atoms with van der Waals surface area (Å²) < 4.78 is -0.543. The van der Waals surface area contributed by atoms with Crippen LogP contribution in [0.15, 0.2) is 72.9 Å². The molecule has 0 saturated carbocycles. The van der Waals surface area contributed by atoms with Crippen molar-refractivity contribution >= 4 is 45.2 Å². The summed E-state index contributed by atoms with van der Waals surface area (Å²) in [7, 11) is 8.05. The highest BCUT2D eigenvalue weighted by Crippen LogP contribution is 2.38. The van der Waals surface area contributed by atoms with E-state index in [9.17, 15) is 34.5 Å². The van der Waals surface area contributed by atoms with Gasteiger partial charge in [-0.25, -0.2) is 0 Å². The summed E-state index contributed by atoms with van der Waals surface area (Å²) in [5, 5.41) is 37.3. The number of rotatable bonds is 30. The standard InChI is InChI=1S/C40H67N5O7S2/c1-7-8-9-10-11-12-13-14-15-16-17-18-19-20-21-22-23-24-25-26-35(49)43-34(38(41)51)31-53-54-40(2,3)37(39(52)42-32(29-46)30-47)44-36(50)27-33(48)28-45(4,5)6/h8-9,11-12,14-15,17-18,20-21,23-24,32-34,37,46-48H,7,10,13,16,19,22,25-31H2,1-6H3,(H4-,41,42,43,44,49,50,51,52)/p+1/b9-8-,12-11-,15-14-,18-17-,21-20-,24-23-/t33?,34-,37?/m0/s1. The minimum Gasteiger partial charge on any atom is -0.394 e. The quantitative estimate of drug-likeness (QED) is 0.0320. The average Bonchev–Trinajstić information content (AvgIpc) is 3.08. The SMILES string of the molecule is CC/C=C\C/C=C\C/C=C\C/C=C\C/C=C\C/C=C\CCC(=O)N[C@@H](CSSC(C)(C)C(NC(=O)CC(O)C[N+](C)(C)C)C(=O)NC(CO)CO)C(N)=O. The van der Waals surface area contributed by atoms with Crippen LogP contribution in [0.4, 0.5) is 0 Å². The Morgan fingerprint density at radius 3 is 1.67 bits per heavy atom. The van der Waals surface area contributed by atoms with Gasteiger partial charge in [0.2, 0.25) is 23.6 Å². The molecule has 8 N–H and O–H groups in total. The summed E-state index contributed by atoms with van der Waals surface area (Å²) >= 11 is 0. The highest BCUT2D eigenvalue weighted by molar-refractivity contribution is 8.77. The van der Waals surface area contributed by atoms with Crippen LogP contribution in [0.1, 0.15) is 78.6 Å². The van der Waals surface area contributed by atoms with E-state index in [1.54, 1.807) is 13.8 Å². The van der Waals surface area contributed by atoms with Gasteiger partial charge in [0, 0.05) is 16.9 Å². The van der Waals surface area contributed by atoms with Crippen molar-refractivity contribution in [2.45, 2.75) is 108 Å². The Kier molecular flexibility index (Phi) is 28.4. The molecule has 0 saturated heterocycles. The maximum Gasteiger partial charge on any atom is 0.244 e. The molecule has 0 aromatic carbocycles. The van der Waals surface area contributed by atoms with Gasteiger partial charge in [-0.1, -0.05) is 101 Å². The molecule has 0 aromatic rings. The number of aliphatic hydroxyl groups is 3. The number of aliphatic hydroxyl groups excluding tert-OH is 3. The fourth-order valence-electron chi connectivity index (χ4n) is 4.74. The van der Waals surface area contributed by atoms with Crippen LogP contribution in [0.5, 0.6) is 0 Å². The number of carbonyl (C=O) groups excluding carboxylic acids is 4. The molecule has 0 aliphatic rings. The Balaban J connectivity index is 4.84. The van der Waals surface area contributed by atoms with Gasteiger partial charge in [0.05, 0.1) is 46.8 Å². The largest absolute Gasteiger partial charge is 0.394 e. The summed E-state index contributed by atoms with van der Waals surface area (Å²) in [6.45, 7) is 4.87. The lowest BCUT2D eigenvalue weighted by Gasteiger charge is -2.34. The Morgan fingerprint density at radius 2 is 1.22 bits per heavy atom. The van der Waals surface area contributed by atoms with Crippen molar-refractivity contribution in [1.82, 2.24) is 16.0 Å². The first kappa shape index (κ1) is 50.9. The van der Waals surface area contributed by atoms with Crippen LogP contribution >= 0.6 is 21.6 Å². The number of nitrogens with two attached hydrogens (primary N) is 1. The van der Waals surface area contributed by atoms with Crippen LogP contribution in [-0.2, 0) is 19.2 Å². The number of hydrogen-bond acceptors (Lipinski definition) is 9. The molecule has 0 radical (unpaired) electrons. The molecule has 306 valence electrons. The fraction of sp³-hybridized carbons (Fsp3) is 0.600. The zero-order valence-electron chi connectivity index (χ0n) is 33.2. The van der Waals surface area contributed by atoms with Gasteiger partial charge in [-0.15, -0.1) is 0 Å². The first-order valence-corrected chi connectivity index (χ1v) is 21.0. The molecule has 0 bridgehead atoms. The molecular formula is C40H68N5O7S2+. The van der Waals surface area contributed by atoms with E-state index in [1.807, 2.05) is 33.3 Å². The van der Waals surface area contributed by atoms with Crippen molar-refractivity contribution in [2.24, 2.45) is 5.73 Å². The van der Waals surface area contributed by atoms with Crippen LogP contribution in [-0.4, -0.2) is 119 Å². The van der Waals surface area contributed by atoms with Gasteiger partial charge >= 0.3 is 0 Å². The molecule has 0 spiro atoms. The third kappa shape index (κ3) is 27.4. The van der Waals surface area contributed by atoms with Gasteiger partial charge in [-0.05, 0) is 58.8 Å². The van der Waals surface area contributed by atoms with Crippen LogP contribution in [0, 0.1) is 0 Å². The van der Waals surface area contributed by atoms with Gasteiger partial charge < -0.3 is 41.5 Å². The summed E-state index contributed by atoms with van der Waals surface area (Å²) in [6, 6.07) is -3.03. The number of quaternary nitrogens is 1. The van der Waals surface area contributed by atoms with Gasteiger partial charge in [-0.3, -0.25) is 19.2 Å². The molecule has 0 fully saturated rings. The molecule has 0 aromatic heterocycles. The first-order valence-electron chi connectivity index (χ1n) is 18.6. The Morgan fingerprint density at radius 1 is 0.741 bits per heavy atom. The maximum absolute atomic E-state index is 13.2. The van der Waals surface area contributed by atoms with E-state index in [2.05, 4.69) is 83.6 Å². The number of amides is 4. The van der Waals surface area contributed by atoms with Crippen molar-refractivity contribution in [3.05, 3.63) is 72.9 Å². The van der Waals surface area contributed by atoms with Crippen molar-refractivity contribution in [2.75, 3.05) is 46.7 Å². The highest BCUT2D eigenvalue weighted by Gasteiger charge is 2.39. The van der Waals surface area contributed by atoms with Crippen LogP contribution in [0.2, 0.25) is 0 Å².